The number of benzene rings is 2. The maximum atomic E-state index is 12.6. The summed E-state index contributed by atoms with van der Waals surface area (Å²) in [4.78, 5) is 14.6. The van der Waals surface area contributed by atoms with E-state index in [-0.39, 0.29) is 5.78 Å². The quantitative estimate of drug-likeness (QED) is 0.561. The van der Waals surface area contributed by atoms with Gasteiger partial charge in [0, 0.05) is 28.9 Å². The number of ether oxygens (including phenoxy) is 1. The lowest BCUT2D eigenvalue weighted by Crippen LogP contribution is -2.19. The highest BCUT2D eigenvalue weighted by atomic mass is 125. The van der Waals surface area contributed by atoms with Crippen LogP contribution in [0.3, 0.4) is 0 Å². The van der Waals surface area contributed by atoms with Crippen LogP contribution in [0, 0.1) is 3.57 Å². The van der Waals surface area contributed by atoms with E-state index in [4.69, 9.17) is 4.74 Å². The van der Waals surface area contributed by atoms with Crippen LogP contribution < -0.4 is 9.64 Å². The minimum absolute atomic E-state index is 0.0523. The molecule has 0 saturated heterocycles. The molecule has 2 aromatic carbocycles. The van der Waals surface area contributed by atoms with E-state index in [0.29, 0.717) is 23.5 Å². The summed E-state index contributed by atoms with van der Waals surface area (Å²) in [5.74, 6) is 0.724. The van der Waals surface area contributed by atoms with Gasteiger partial charge in [-0.2, -0.15) is 0 Å². The number of Topliss-reactive ketones (excluding diaryl/α,β-unsaturated/α-hetero) is 1. The molecule has 0 radical (unpaired) electrons. The van der Waals surface area contributed by atoms with Crippen molar-refractivity contribution in [1.29, 1.82) is 0 Å². The van der Waals surface area contributed by atoms with Crippen molar-refractivity contribution in [3.05, 3.63) is 62.7 Å². The van der Waals surface area contributed by atoms with Gasteiger partial charge in [-0.3, -0.25) is 4.79 Å². The average Bonchev–Trinajstić information content (AvgIpc) is 2.51. The number of carbonyl (C=O) groups excluding carboxylic acids is 1. The second-order valence-electron chi connectivity index (χ2n) is 5.41. The lowest BCUT2D eigenvalue weighted by Gasteiger charge is -2.19. The standard InChI is InChI=1S/C18H16INO2/c1-20(2)15-6-3-12(4-7-15)9-13-11-22-17-8-5-14(19)10-16(17)18(13)21/h3-10H,11H2,1-2H3/b13-9+/i19-2. The molecule has 0 aliphatic carbocycles. The van der Waals surface area contributed by atoms with Crippen molar-refractivity contribution >= 4 is 40.1 Å². The summed E-state index contributed by atoms with van der Waals surface area (Å²) in [5.41, 5.74) is 3.47. The Hall–Kier alpha value is -1.82. The number of anilines is 1. The molecule has 0 bridgehead atoms. The van der Waals surface area contributed by atoms with Crippen LogP contribution >= 0.6 is 22.6 Å². The smallest absolute Gasteiger partial charge is 0.196 e. The number of hydrogen-bond acceptors (Lipinski definition) is 3. The first-order valence-electron chi connectivity index (χ1n) is 6.99. The van der Waals surface area contributed by atoms with Gasteiger partial charge >= 0.3 is 0 Å². The zero-order valence-corrected chi connectivity index (χ0v) is 14.6. The second-order valence-corrected chi connectivity index (χ2v) is 6.66. The predicted octanol–water partition coefficient (Wildman–Crippen LogP) is 4.02. The van der Waals surface area contributed by atoms with Gasteiger partial charge in [0.1, 0.15) is 12.4 Å². The molecule has 3 nitrogen and oxygen atoms in total. The average molecular weight is 403 g/mol. The van der Waals surface area contributed by atoms with Crippen LogP contribution in [0.15, 0.2) is 48.0 Å². The number of nitrogens with zero attached hydrogens (tertiary/aromatic N) is 1. The molecule has 1 aliphatic heterocycles. The molecule has 0 unspecified atom stereocenters. The van der Waals surface area contributed by atoms with Gasteiger partial charge in [0.25, 0.3) is 0 Å². The topological polar surface area (TPSA) is 29.5 Å². The van der Waals surface area contributed by atoms with Gasteiger partial charge in [-0.1, -0.05) is 12.1 Å². The summed E-state index contributed by atoms with van der Waals surface area (Å²) < 4.78 is 6.73. The maximum absolute atomic E-state index is 12.6. The van der Waals surface area contributed by atoms with Crippen molar-refractivity contribution in [2.75, 3.05) is 25.6 Å². The maximum Gasteiger partial charge on any atom is 0.196 e. The van der Waals surface area contributed by atoms with Crippen molar-refractivity contribution in [3.8, 4) is 5.75 Å². The molecule has 1 heterocycles. The molecule has 2 aromatic rings. The first kappa shape index (κ1) is 15.1. The summed E-state index contributed by atoms with van der Waals surface area (Å²) in [5, 5.41) is 0. The van der Waals surface area contributed by atoms with Crippen LogP contribution in [0.2, 0.25) is 0 Å². The Bertz CT molecular complexity index is 748. The molecule has 0 saturated carbocycles. The molecule has 0 amide bonds. The first-order chi connectivity index (χ1) is 10.5. The molecule has 3 rings (SSSR count). The Morgan fingerprint density at radius 3 is 2.55 bits per heavy atom. The normalized spacial score (nSPS) is 15.4. The van der Waals surface area contributed by atoms with E-state index in [1.807, 2.05) is 67.5 Å². The molecule has 4 heteroatoms. The summed E-state index contributed by atoms with van der Waals surface area (Å²) in [6.45, 7) is 0.321. The van der Waals surface area contributed by atoms with Crippen molar-refractivity contribution in [1.82, 2.24) is 0 Å². The van der Waals surface area contributed by atoms with Gasteiger partial charge < -0.3 is 9.64 Å². The fraction of sp³-hybridized carbons (Fsp3) is 0.167. The minimum atomic E-state index is 0.0523. The monoisotopic (exact) mass is 403 g/mol. The lowest BCUT2D eigenvalue weighted by molar-refractivity contribution is 0.100. The number of halogens is 1. The van der Waals surface area contributed by atoms with Crippen LogP contribution in [0.5, 0.6) is 5.75 Å². The van der Waals surface area contributed by atoms with Gasteiger partial charge in [0.15, 0.2) is 5.78 Å². The van der Waals surface area contributed by atoms with Gasteiger partial charge in [0.2, 0.25) is 0 Å². The van der Waals surface area contributed by atoms with E-state index in [1.165, 1.54) is 0 Å². The van der Waals surface area contributed by atoms with Crippen molar-refractivity contribution < 1.29 is 9.53 Å². The second kappa shape index (κ2) is 6.12. The zero-order valence-electron chi connectivity index (χ0n) is 12.5. The number of rotatable bonds is 2. The van der Waals surface area contributed by atoms with E-state index in [9.17, 15) is 4.79 Å². The van der Waals surface area contributed by atoms with Gasteiger partial charge in [-0.05, 0) is 64.6 Å². The fourth-order valence-corrected chi connectivity index (χ4v) is 2.87. The van der Waals surface area contributed by atoms with Gasteiger partial charge in [-0.25, -0.2) is 0 Å². The Kier molecular flexibility index (Phi) is 4.20. The molecular weight excluding hydrogens is 387 g/mol. The molecule has 22 heavy (non-hydrogen) atoms. The van der Waals surface area contributed by atoms with Gasteiger partial charge in [-0.15, -0.1) is 0 Å². The number of carbonyl (C=O) groups is 1. The third-order valence-corrected chi connectivity index (χ3v) is 4.28. The van der Waals surface area contributed by atoms with Crippen LogP contribution in [0.1, 0.15) is 15.9 Å². The highest BCUT2D eigenvalue weighted by Crippen LogP contribution is 2.29. The van der Waals surface area contributed by atoms with Crippen LogP contribution in [-0.2, 0) is 0 Å². The minimum Gasteiger partial charge on any atom is -0.488 e. The lowest BCUT2D eigenvalue weighted by atomic mass is 9.98. The molecule has 0 atom stereocenters. The van der Waals surface area contributed by atoms with Gasteiger partial charge in [0.05, 0.1) is 5.56 Å². The Labute approximate surface area is 143 Å². The Morgan fingerprint density at radius 1 is 1.14 bits per heavy atom. The molecule has 0 aromatic heterocycles. The first-order valence-corrected chi connectivity index (χ1v) is 8.07. The predicted molar refractivity (Wildman–Crippen MR) is 97.7 cm³/mol. The van der Waals surface area contributed by atoms with E-state index in [1.54, 1.807) is 0 Å². The van der Waals surface area contributed by atoms with E-state index >= 15 is 0 Å². The summed E-state index contributed by atoms with van der Waals surface area (Å²) in [6.07, 6.45) is 1.91. The summed E-state index contributed by atoms with van der Waals surface area (Å²) in [6, 6.07) is 13.8. The zero-order chi connectivity index (χ0) is 15.7. The number of ketones is 1. The summed E-state index contributed by atoms with van der Waals surface area (Å²) >= 11 is 2.20. The van der Waals surface area contributed by atoms with E-state index in [0.717, 1.165) is 14.8 Å². The van der Waals surface area contributed by atoms with Crippen LogP contribution in [0.4, 0.5) is 5.69 Å². The largest absolute Gasteiger partial charge is 0.488 e. The highest BCUT2D eigenvalue weighted by molar-refractivity contribution is 14.1. The third-order valence-electron chi connectivity index (χ3n) is 3.61. The SMILES string of the molecule is CN(C)c1ccc(/C=C2\COc3ccc([125I])cc3C2=O)cc1. The number of hydrogen-bond donors (Lipinski definition) is 0. The molecular formula is C18H16INO2. The van der Waals surface area contributed by atoms with Crippen molar-refractivity contribution in [3.63, 3.8) is 0 Å². The Balaban J connectivity index is 1.91. The highest BCUT2D eigenvalue weighted by Gasteiger charge is 2.23. The van der Waals surface area contributed by atoms with Crippen LogP contribution in [-0.4, -0.2) is 26.5 Å². The fourth-order valence-electron chi connectivity index (χ4n) is 2.38. The van der Waals surface area contributed by atoms with Crippen LogP contribution in [0.25, 0.3) is 6.08 Å². The van der Waals surface area contributed by atoms with Crippen molar-refractivity contribution in [2.24, 2.45) is 0 Å². The number of fused-ring (bicyclic) bond motifs is 1. The molecule has 112 valence electrons. The van der Waals surface area contributed by atoms with E-state index < -0.39 is 0 Å². The third kappa shape index (κ3) is 3.02. The van der Waals surface area contributed by atoms with Crippen molar-refractivity contribution in [2.45, 2.75) is 0 Å². The summed E-state index contributed by atoms with van der Waals surface area (Å²) in [7, 11) is 4.01. The molecule has 0 spiro atoms. The molecule has 0 fully saturated rings. The molecule has 0 N–H and O–H groups in total. The van der Waals surface area contributed by atoms with E-state index in [2.05, 4.69) is 22.6 Å². The molecule has 1 aliphatic rings. The Morgan fingerprint density at radius 2 is 1.86 bits per heavy atom.